The third kappa shape index (κ3) is 8.17. The summed E-state index contributed by atoms with van der Waals surface area (Å²) in [6, 6.07) is 27.7. The Morgan fingerprint density at radius 2 is 0.800 bits per heavy atom. The van der Waals surface area contributed by atoms with Crippen molar-refractivity contribution in [3.63, 3.8) is 0 Å². The zero-order valence-corrected chi connectivity index (χ0v) is 21.8. The van der Waals surface area contributed by atoms with Crippen LogP contribution in [0.3, 0.4) is 0 Å². The normalized spacial score (nSPS) is 11.7. The molecule has 0 radical (unpaired) electrons. The topological polar surface area (TPSA) is 40.1 Å². The first kappa shape index (κ1) is 28.5. The fourth-order valence-electron chi connectivity index (χ4n) is 3.37. The Labute approximate surface area is 209 Å². The molecule has 0 aliphatic carbocycles. The molecule has 0 saturated heterocycles. The molecule has 0 unspecified atom stereocenters. The Hall–Kier alpha value is -2.73. The number of hydrogen-bond donors (Lipinski definition) is 0. The summed E-state index contributed by atoms with van der Waals surface area (Å²) >= 11 is 0. The standard InChI is InChI=1S/C27H33S.C2HF3O2/c1-19(2)22-7-13-25(14-8-22)28(26-15-9-23(10-16-26)20(3)4)27-17-11-24(12-18-27)21(5)6;3-2(4,5)1(6)7/h7-21H,1-6H3;(H,6,7)/q+1;/p-1. The molecule has 2 nitrogen and oxygen atoms in total. The van der Waals surface area contributed by atoms with Gasteiger partial charge in [0.15, 0.2) is 14.7 Å². The number of aliphatic carboxylic acids is 1. The summed E-state index contributed by atoms with van der Waals surface area (Å²) in [5, 5.41) is 8.78. The van der Waals surface area contributed by atoms with Crippen LogP contribution in [0.2, 0.25) is 0 Å². The minimum absolute atomic E-state index is 0.0791. The van der Waals surface area contributed by atoms with Crippen molar-refractivity contribution in [2.75, 3.05) is 0 Å². The number of benzene rings is 3. The summed E-state index contributed by atoms with van der Waals surface area (Å²) in [4.78, 5) is 12.9. The maximum absolute atomic E-state index is 10.5. The van der Waals surface area contributed by atoms with E-state index < -0.39 is 12.1 Å². The molecule has 0 aromatic heterocycles. The number of carbonyl (C=O) groups excluding carboxylic acids is 1. The highest BCUT2D eigenvalue weighted by molar-refractivity contribution is 7.97. The minimum atomic E-state index is -5.19. The Morgan fingerprint density at radius 1 is 0.600 bits per heavy atom. The van der Waals surface area contributed by atoms with Crippen LogP contribution in [0.1, 0.15) is 76.0 Å². The molecule has 0 heterocycles. The first-order valence-corrected chi connectivity index (χ1v) is 12.9. The van der Waals surface area contributed by atoms with Gasteiger partial charge in [0.2, 0.25) is 0 Å². The Kier molecular flexibility index (Phi) is 10.0. The summed E-state index contributed by atoms with van der Waals surface area (Å²) in [6.07, 6.45) is -5.19. The molecule has 0 bridgehead atoms. The highest BCUT2D eigenvalue weighted by Gasteiger charge is 2.29. The second-order valence-electron chi connectivity index (χ2n) is 9.26. The number of halogens is 3. The molecule has 3 rings (SSSR count). The first-order chi connectivity index (χ1) is 16.3. The molecule has 188 valence electrons. The monoisotopic (exact) mass is 502 g/mol. The van der Waals surface area contributed by atoms with Crippen molar-refractivity contribution >= 4 is 16.9 Å². The number of carboxylic acid groups (broad SMARTS) is 1. The molecular formula is C29H33F3O2S. The smallest absolute Gasteiger partial charge is 0.430 e. The number of rotatable bonds is 6. The molecule has 0 atom stereocenters. The van der Waals surface area contributed by atoms with Crippen LogP contribution in [0.5, 0.6) is 0 Å². The maximum atomic E-state index is 10.5. The van der Waals surface area contributed by atoms with Gasteiger partial charge in [-0.05, 0) is 70.8 Å². The van der Waals surface area contributed by atoms with Crippen molar-refractivity contribution in [2.45, 2.75) is 80.2 Å². The lowest BCUT2D eigenvalue weighted by Crippen LogP contribution is -2.37. The fraction of sp³-hybridized carbons (Fsp3) is 0.345. The minimum Gasteiger partial charge on any atom is -0.542 e. The van der Waals surface area contributed by atoms with E-state index in [9.17, 15) is 13.2 Å². The summed E-state index contributed by atoms with van der Waals surface area (Å²) < 4.78 is 31.5. The van der Waals surface area contributed by atoms with Gasteiger partial charge in [0.1, 0.15) is 5.97 Å². The predicted octanol–water partition coefficient (Wildman–Crippen LogP) is 7.45. The summed E-state index contributed by atoms with van der Waals surface area (Å²) in [7, 11) is -0.0791. The van der Waals surface area contributed by atoms with Crippen molar-refractivity contribution < 1.29 is 23.1 Å². The van der Waals surface area contributed by atoms with E-state index in [1.165, 1.54) is 31.4 Å². The van der Waals surface area contributed by atoms with Gasteiger partial charge in [-0.25, -0.2) is 0 Å². The lowest BCUT2D eigenvalue weighted by atomic mass is 10.0. The molecule has 35 heavy (non-hydrogen) atoms. The third-order valence-electron chi connectivity index (χ3n) is 5.58. The fourth-order valence-corrected chi connectivity index (χ4v) is 5.42. The van der Waals surface area contributed by atoms with Gasteiger partial charge in [-0.1, -0.05) is 77.9 Å². The maximum Gasteiger partial charge on any atom is 0.430 e. The molecule has 6 heteroatoms. The van der Waals surface area contributed by atoms with Crippen LogP contribution in [0.25, 0.3) is 0 Å². The van der Waals surface area contributed by atoms with E-state index in [-0.39, 0.29) is 10.9 Å². The quantitative estimate of drug-likeness (QED) is 0.329. The lowest BCUT2D eigenvalue weighted by Gasteiger charge is -2.12. The van der Waals surface area contributed by atoms with E-state index in [4.69, 9.17) is 9.90 Å². The molecule has 0 spiro atoms. The lowest BCUT2D eigenvalue weighted by molar-refractivity contribution is -0.344. The van der Waals surface area contributed by atoms with Crippen molar-refractivity contribution in [2.24, 2.45) is 0 Å². The Bertz CT molecular complexity index is 946. The van der Waals surface area contributed by atoms with E-state index in [2.05, 4.69) is 114 Å². The van der Waals surface area contributed by atoms with E-state index in [0.29, 0.717) is 17.8 Å². The van der Waals surface area contributed by atoms with E-state index in [0.717, 1.165) is 0 Å². The van der Waals surface area contributed by atoms with Gasteiger partial charge in [0.05, 0.1) is 10.9 Å². The van der Waals surface area contributed by atoms with Gasteiger partial charge in [-0.2, -0.15) is 13.2 Å². The molecule has 0 saturated carbocycles. The Balaban J connectivity index is 0.000000540. The van der Waals surface area contributed by atoms with Gasteiger partial charge >= 0.3 is 6.18 Å². The van der Waals surface area contributed by atoms with E-state index in [1.807, 2.05) is 0 Å². The highest BCUT2D eigenvalue weighted by atomic mass is 32.2. The zero-order valence-electron chi connectivity index (χ0n) is 21.0. The van der Waals surface area contributed by atoms with Crippen molar-refractivity contribution in [3.8, 4) is 0 Å². The van der Waals surface area contributed by atoms with Crippen LogP contribution in [-0.2, 0) is 15.7 Å². The number of hydrogen-bond acceptors (Lipinski definition) is 2. The Morgan fingerprint density at radius 3 is 0.943 bits per heavy atom. The first-order valence-electron chi connectivity index (χ1n) is 11.6. The van der Waals surface area contributed by atoms with Gasteiger partial charge < -0.3 is 9.90 Å². The average molecular weight is 503 g/mol. The van der Waals surface area contributed by atoms with Gasteiger partial charge in [0, 0.05) is 0 Å². The van der Waals surface area contributed by atoms with Crippen LogP contribution < -0.4 is 5.11 Å². The number of carboxylic acids is 1. The number of alkyl halides is 3. The van der Waals surface area contributed by atoms with Crippen LogP contribution in [-0.4, -0.2) is 12.1 Å². The van der Waals surface area contributed by atoms with Crippen molar-refractivity contribution in [3.05, 3.63) is 89.5 Å². The molecule has 0 amide bonds. The molecule has 0 fully saturated rings. The second kappa shape index (κ2) is 12.3. The van der Waals surface area contributed by atoms with Gasteiger partial charge in [-0.15, -0.1) is 0 Å². The second-order valence-corrected chi connectivity index (χ2v) is 11.3. The van der Waals surface area contributed by atoms with Crippen molar-refractivity contribution in [1.82, 2.24) is 0 Å². The van der Waals surface area contributed by atoms with E-state index in [1.54, 1.807) is 0 Å². The van der Waals surface area contributed by atoms with Crippen LogP contribution in [0, 0.1) is 0 Å². The van der Waals surface area contributed by atoms with E-state index >= 15 is 0 Å². The average Bonchev–Trinajstić information content (AvgIpc) is 2.80. The van der Waals surface area contributed by atoms with Gasteiger partial charge in [0.25, 0.3) is 0 Å². The molecule has 0 aliphatic heterocycles. The largest absolute Gasteiger partial charge is 0.542 e. The molecule has 0 N–H and O–H groups in total. The van der Waals surface area contributed by atoms with Crippen LogP contribution >= 0.6 is 0 Å². The molecular weight excluding hydrogens is 469 g/mol. The molecule has 0 aliphatic rings. The van der Waals surface area contributed by atoms with Crippen molar-refractivity contribution in [1.29, 1.82) is 0 Å². The predicted molar refractivity (Wildman–Crippen MR) is 135 cm³/mol. The zero-order chi connectivity index (χ0) is 26.3. The highest BCUT2D eigenvalue weighted by Crippen LogP contribution is 2.33. The summed E-state index contributed by atoms with van der Waals surface area (Å²) in [5.41, 5.74) is 4.20. The molecule has 3 aromatic rings. The van der Waals surface area contributed by atoms with Gasteiger partial charge in [-0.3, -0.25) is 0 Å². The van der Waals surface area contributed by atoms with Crippen LogP contribution in [0.4, 0.5) is 13.2 Å². The SMILES string of the molecule is CC(C)c1ccc([S+](c2ccc(C(C)C)cc2)c2ccc(C(C)C)cc2)cc1.O=C([O-])C(F)(F)F. The number of carbonyl (C=O) groups is 1. The third-order valence-corrected chi connectivity index (χ3v) is 7.81. The van der Waals surface area contributed by atoms with Crippen LogP contribution in [0.15, 0.2) is 87.5 Å². The summed E-state index contributed by atoms with van der Waals surface area (Å²) in [5.74, 6) is -1.32. The molecule has 3 aromatic carbocycles. The summed E-state index contributed by atoms with van der Waals surface area (Å²) in [6.45, 7) is 13.5.